The Morgan fingerprint density at radius 2 is 1.85 bits per heavy atom. The molecule has 3 fully saturated rings. The average molecular weight is 383 g/mol. The van der Waals surface area contributed by atoms with Gasteiger partial charge in [0, 0.05) is 32.1 Å². The van der Waals surface area contributed by atoms with Crippen LogP contribution in [0.2, 0.25) is 0 Å². The van der Waals surface area contributed by atoms with E-state index in [1.165, 1.54) is 0 Å². The molecule has 1 N–H and O–H groups in total. The molecule has 27 heavy (non-hydrogen) atoms. The zero-order valence-corrected chi connectivity index (χ0v) is 17.1. The Balaban J connectivity index is 1.51. The quantitative estimate of drug-likeness (QED) is 0.788. The van der Waals surface area contributed by atoms with Gasteiger partial charge in [0.15, 0.2) is 0 Å². The van der Waals surface area contributed by atoms with E-state index in [1.807, 2.05) is 20.8 Å². The summed E-state index contributed by atoms with van der Waals surface area (Å²) in [5.41, 5.74) is -0.724. The van der Waals surface area contributed by atoms with Gasteiger partial charge in [-0.05, 0) is 53.4 Å². The molecule has 0 aromatic heterocycles. The number of ketones is 1. The molecular formula is C20H34N2O5. The molecule has 154 valence electrons. The Morgan fingerprint density at radius 1 is 1.15 bits per heavy atom. The largest absolute Gasteiger partial charge is 0.444 e. The van der Waals surface area contributed by atoms with Crippen LogP contribution in [0.15, 0.2) is 0 Å². The molecule has 0 aliphatic carbocycles. The molecule has 3 atom stereocenters. The van der Waals surface area contributed by atoms with Crippen LogP contribution in [0.1, 0.15) is 53.4 Å². The number of ether oxygens (including phenoxy) is 3. The molecule has 3 aliphatic heterocycles. The Bertz CT molecular complexity index is 543. The monoisotopic (exact) mass is 382 g/mol. The van der Waals surface area contributed by atoms with E-state index < -0.39 is 5.60 Å². The van der Waals surface area contributed by atoms with Crippen molar-refractivity contribution in [1.29, 1.82) is 0 Å². The van der Waals surface area contributed by atoms with Gasteiger partial charge < -0.3 is 24.4 Å². The second-order valence-corrected chi connectivity index (χ2v) is 9.19. The van der Waals surface area contributed by atoms with E-state index in [9.17, 15) is 9.59 Å². The molecular weight excluding hydrogens is 348 g/mol. The first-order valence-electron chi connectivity index (χ1n) is 10.2. The van der Waals surface area contributed by atoms with Crippen molar-refractivity contribution in [2.24, 2.45) is 5.92 Å². The number of hydrogen-bond acceptors (Lipinski definition) is 6. The first-order chi connectivity index (χ1) is 12.7. The van der Waals surface area contributed by atoms with E-state index in [0.717, 1.165) is 38.8 Å². The lowest BCUT2D eigenvalue weighted by Crippen LogP contribution is -2.61. The topological polar surface area (TPSA) is 77.1 Å². The van der Waals surface area contributed by atoms with Crippen LogP contribution in [0.25, 0.3) is 0 Å². The number of nitrogens with zero attached hydrogens (tertiary/aromatic N) is 1. The van der Waals surface area contributed by atoms with Crippen molar-refractivity contribution in [2.45, 2.75) is 76.8 Å². The molecule has 7 heteroatoms. The van der Waals surface area contributed by atoms with Gasteiger partial charge in [-0.25, -0.2) is 4.79 Å². The second-order valence-electron chi connectivity index (χ2n) is 9.19. The number of hydrogen-bond donors (Lipinski definition) is 1. The van der Waals surface area contributed by atoms with E-state index >= 15 is 0 Å². The van der Waals surface area contributed by atoms with Crippen LogP contribution in [0.4, 0.5) is 4.79 Å². The fourth-order valence-corrected chi connectivity index (χ4v) is 4.16. The molecule has 3 rings (SSSR count). The summed E-state index contributed by atoms with van der Waals surface area (Å²) < 4.78 is 18.0. The van der Waals surface area contributed by atoms with E-state index in [4.69, 9.17) is 14.2 Å². The number of nitrogens with one attached hydrogen (secondary N) is 1. The predicted molar refractivity (Wildman–Crippen MR) is 101 cm³/mol. The van der Waals surface area contributed by atoms with Crippen molar-refractivity contribution in [2.75, 3.05) is 32.8 Å². The number of morpholine rings is 1. The van der Waals surface area contributed by atoms with E-state index in [1.54, 1.807) is 11.8 Å². The van der Waals surface area contributed by atoms with Gasteiger partial charge in [0.25, 0.3) is 0 Å². The Morgan fingerprint density at radius 3 is 2.41 bits per heavy atom. The highest BCUT2D eigenvalue weighted by molar-refractivity contribution is 5.78. The number of Topliss-reactive ketones (excluding diaryl/α,β-unsaturated/α-hetero) is 1. The van der Waals surface area contributed by atoms with Crippen LogP contribution in [0.5, 0.6) is 0 Å². The number of likely N-dealkylation sites (tertiary alicyclic amines) is 1. The molecule has 0 radical (unpaired) electrons. The van der Waals surface area contributed by atoms with Gasteiger partial charge in [-0.15, -0.1) is 0 Å². The molecule has 0 saturated carbocycles. The molecule has 3 heterocycles. The van der Waals surface area contributed by atoms with Crippen molar-refractivity contribution in [3.8, 4) is 0 Å². The average Bonchev–Trinajstić information content (AvgIpc) is 2.61. The summed E-state index contributed by atoms with van der Waals surface area (Å²) in [5, 5.41) is 3.50. The van der Waals surface area contributed by atoms with E-state index in [0.29, 0.717) is 19.7 Å². The SMILES string of the molecule is CC(=O)C1CCC(C2CNCC3(CCN(C(=O)OC(C)(C)C)CC3)O2)OC1. The summed E-state index contributed by atoms with van der Waals surface area (Å²) >= 11 is 0. The molecule has 3 unspecified atom stereocenters. The first kappa shape index (κ1) is 20.6. The predicted octanol–water partition coefficient (Wildman–Crippen LogP) is 2.13. The summed E-state index contributed by atoms with van der Waals surface area (Å²) in [6.45, 7) is 10.6. The van der Waals surface area contributed by atoms with Crippen LogP contribution < -0.4 is 5.32 Å². The highest BCUT2D eigenvalue weighted by atomic mass is 16.6. The summed E-state index contributed by atoms with van der Waals surface area (Å²) in [6.07, 6.45) is 3.10. The normalized spacial score (nSPS) is 31.6. The minimum atomic E-state index is -0.476. The van der Waals surface area contributed by atoms with Crippen LogP contribution in [-0.2, 0) is 19.0 Å². The molecule has 7 nitrogen and oxygen atoms in total. The van der Waals surface area contributed by atoms with Gasteiger partial charge in [0.1, 0.15) is 11.4 Å². The lowest BCUT2D eigenvalue weighted by molar-refractivity contribution is -0.192. The van der Waals surface area contributed by atoms with E-state index in [-0.39, 0.29) is 35.6 Å². The van der Waals surface area contributed by atoms with Crippen molar-refractivity contribution in [1.82, 2.24) is 10.2 Å². The fraction of sp³-hybridized carbons (Fsp3) is 0.900. The van der Waals surface area contributed by atoms with Crippen LogP contribution in [0.3, 0.4) is 0 Å². The van der Waals surface area contributed by atoms with Crippen LogP contribution >= 0.6 is 0 Å². The minimum Gasteiger partial charge on any atom is -0.444 e. The van der Waals surface area contributed by atoms with Crippen molar-refractivity contribution >= 4 is 11.9 Å². The summed E-state index contributed by atoms with van der Waals surface area (Å²) in [4.78, 5) is 25.6. The summed E-state index contributed by atoms with van der Waals surface area (Å²) in [7, 11) is 0. The van der Waals surface area contributed by atoms with Gasteiger partial charge in [0.05, 0.1) is 24.4 Å². The van der Waals surface area contributed by atoms with Crippen molar-refractivity contribution in [3.63, 3.8) is 0 Å². The molecule has 0 aromatic carbocycles. The molecule has 0 aromatic rings. The molecule has 1 spiro atoms. The van der Waals surface area contributed by atoms with E-state index in [2.05, 4.69) is 5.32 Å². The number of rotatable bonds is 2. The highest BCUT2D eigenvalue weighted by Crippen LogP contribution is 2.33. The van der Waals surface area contributed by atoms with Gasteiger partial charge in [0.2, 0.25) is 0 Å². The maximum atomic E-state index is 12.3. The number of piperidine rings is 1. The minimum absolute atomic E-state index is 0.000246. The maximum Gasteiger partial charge on any atom is 0.410 e. The van der Waals surface area contributed by atoms with Gasteiger partial charge in [-0.3, -0.25) is 4.79 Å². The zero-order chi connectivity index (χ0) is 19.7. The first-order valence-corrected chi connectivity index (χ1v) is 10.2. The Kier molecular flexibility index (Phi) is 6.13. The number of carbonyl (C=O) groups excluding carboxylic acids is 2. The third kappa shape index (κ3) is 5.21. The van der Waals surface area contributed by atoms with Gasteiger partial charge >= 0.3 is 6.09 Å². The lowest BCUT2D eigenvalue weighted by atomic mass is 9.87. The zero-order valence-electron chi connectivity index (χ0n) is 17.1. The van der Waals surface area contributed by atoms with Crippen LogP contribution in [0, 0.1) is 5.92 Å². The molecule has 1 amide bonds. The Labute approximate surface area is 162 Å². The van der Waals surface area contributed by atoms with Gasteiger partial charge in [-0.1, -0.05) is 0 Å². The molecule has 0 bridgehead atoms. The maximum absolute atomic E-state index is 12.3. The number of carbonyl (C=O) groups is 2. The lowest BCUT2D eigenvalue weighted by Gasteiger charge is -2.48. The molecule has 3 saturated heterocycles. The third-order valence-electron chi connectivity index (χ3n) is 5.82. The number of amides is 1. The second kappa shape index (κ2) is 8.05. The van der Waals surface area contributed by atoms with Gasteiger partial charge in [-0.2, -0.15) is 0 Å². The van der Waals surface area contributed by atoms with Crippen molar-refractivity contribution in [3.05, 3.63) is 0 Å². The fourth-order valence-electron chi connectivity index (χ4n) is 4.16. The van der Waals surface area contributed by atoms with Crippen molar-refractivity contribution < 1.29 is 23.8 Å². The summed E-state index contributed by atoms with van der Waals surface area (Å²) in [6, 6.07) is 0. The highest BCUT2D eigenvalue weighted by Gasteiger charge is 2.44. The smallest absolute Gasteiger partial charge is 0.410 e. The molecule has 3 aliphatic rings. The third-order valence-corrected chi connectivity index (χ3v) is 5.82. The standard InChI is InChI=1S/C20H34N2O5/c1-14(23)15-5-6-16(25-12-15)17-11-21-13-20(26-17)7-9-22(10-8-20)18(24)27-19(2,3)4/h15-17,21H,5-13H2,1-4H3. The summed E-state index contributed by atoms with van der Waals surface area (Å²) in [5.74, 6) is 0.242. The Hall–Kier alpha value is -1.18. The van der Waals surface area contributed by atoms with Crippen LogP contribution in [-0.4, -0.2) is 73.0 Å².